The summed E-state index contributed by atoms with van der Waals surface area (Å²) in [6, 6.07) is 23.3. The molecule has 170 valence electrons. The van der Waals surface area contributed by atoms with Crippen LogP contribution in [0.4, 0.5) is 5.69 Å². The summed E-state index contributed by atoms with van der Waals surface area (Å²) in [7, 11) is -1.03. The smallest absolute Gasteiger partial charge is 0.270 e. The molecular weight excluding hydrogens is 440 g/mol. The van der Waals surface area contributed by atoms with Gasteiger partial charge in [-0.3, -0.25) is 9.10 Å². The number of carbonyl (C=O) groups is 1. The maximum absolute atomic E-state index is 13.4. The van der Waals surface area contributed by atoms with Crippen molar-refractivity contribution in [2.24, 2.45) is 0 Å². The highest BCUT2D eigenvalue weighted by Gasteiger charge is 2.39. The van der Waals surface area contributed by atoms with Crippen LogP contribution < -0.4 is 19.1 Å². The summed E-state index contributed by atoms with van der Waals surface area (Å²) in [5.74, 6) is 0.657. The lowest BCUT2D eigenvalue weighted by Crippen LogP contribution is -2.40. The van der Waals surface area contributed by atoms with Gasteiger partial charge in [0.1, 0.15) is 18.1 Å². The molecule has 8 heteroatoms. The normalized spacial score (nSPS) is 14.4. The van der Waals surface area contributed by atoms with Crippen LogP contribution in [0.2, 0.25) is 0 Å². The predicted molar refractivity (Wildman–Crippen MR) is 128 cm³/mol. The van der Waals surface area contributed by atoms with Crippen LogP contribution in [0.15, 0.2) is 83.8 Å². The molecule has 0 atom stereocenters. The molecule has 0 aliphatic carbocycles. The number of methoxy groups -OCH3 is 1. The van der Waals surface area contributed by atoms with E-state index in [0.29, 0.717) is 33.9 Å². The molecule has 0 aromatic heterocycles. The molecule has 0 spiro atoms. The van der Waals surface area contributed by atoms with E-state index in [1.807, 2.05) is 30.3 Å². The Morgan fingerprint density at radius 2 is 1.55 bits per heavy atom. The van der Waals surface area contributed by atoms with E-state index < -0.39 is 15.9 Å². The number of nitrogens with zero attached hydrogens (tertiary/aromatic N) is 1. The first-order valence-corrected chi connectivity index (χ1v) is 11.8. The van der Waals surface area contributed by atoms with E-state index >= 15 is 0 Å². The molecule has 1 aliphatic rings. The highest BCUT2D eigenvalue weighted by atomic mass is 32.2. The van der Waals surface area contributed by atoms with Crippen molar-refractivity contribution in [1.82, 2.24) is 5.32 Å². The first kappa shape index (κ1) is 22.4. The van der Waals surface area contributed by atoms with Gasteiger partial charge in [0.05, 0.1) is 19.3 Å². The van der Waals surface area contributed by atoms with E-state index in [1.54, 1.807) is 55.6 Å². The zero-order valence-corrected chi connectivity index (χ0v) is 19.1. The van der Waals surface area contributed by atoms with E-state index in [4.69, 9.17) is 9.47 Å². The number of benzene rings is 3. The molecule has 4 rings (SSSR count). The van der Waals surface area contributed by atoms with Crippen LogP contribution >= 0.6 is 0 Å². The highest BCUT2D eigenvalue weighted by molar-refractivity contribution is 7.97. The fourth-order valence-corrected chi connectivity index (χ4v) is 5.17. The number of ether oxygens (including phenoxy) is 2. The number of amides is 1. The second kappa shape index (κ2) is 9.38. The average Bonchev–Trinajstić information content (AvgIpc) is 2.84. The van der Waals surface area contributed by atoms with Crippen molar-refractivity contribution >= 4 is 27.2 Å². The van der Waals surface area contributed by atoms with Crippen molar-refractivity contribution in [3.8, 4) is 11.5 Å². The van der Waals surface area contributed by atoms with Gasteiger partial charge in [0, 0.05) is 18.2 Å². The van der Waals surface area contributed by atoms with Crippen molar-refractivity contribution in [3.05, 3.63) is 94.9 Å². The van der Waals surface area contributed by atoms with Gasteiger partial charge in [-0.25, -0.2) is 8.42 Å². The zero-order chi connectivity index (χ0) is 23.4. The van der Waals surface area contributed by atoms with E-state index in [1.165, 1.54) is 7.05 Å². The molecule has 1 heterocycles. The number of nitrogens with one attached hydrogen (secondary N) is 1. The van der Waals surface area contributed by atoms with Gasteiger partial charge >= 0.3 is 0 Å². The minimum atomic E-state index is -4.06. The first-order valence-electron chi connectivity index (χ1n) is 10.4. The first-order chi connectivity index (χ1) is 15.9. The van der Waals surface area contributed by atoms with Gasteiger partial charge in [-0.15, -0.1) is 0 Å². The van der Waals surface area contributed by atoms with Crippen molar-refractivity contribution in [3.63, 3.8) is 0 Å². The molecule has 0 saturated heterocycles. The highest BCUT2D eigenvalue weighted by Crippen LogP contribution is 2.41. The minimum Gasteiger partial charge on any atom is -0.497 e. The van der Waals surface area contributed by atoms with E-state index in [0.717, 1.165) is 4.31 Å². The second-order valence-corrected chi connectivity index (χ2v) is 9.25. The average molecular weight is 465 g/mol. The van der Waals surface area contributed by atoms with Gasteiger partial charge in [-0.05, 0) is 35.9 Å². The number of anilines is 1. The van der Waals surface area contributed by atoms with E-state index in [-0.39, 0.29) is 18.1 Å². The topological polar surface area (TPSA) is 84.9 Å². The lowest BCUT2D eigenvalue weighted by atomic mass is 9.95. The van der Waals surface area contributed by atoms with Crippen LogP contribution in [0, 0.1) is 0 Å². The van der Waals surface area contributed by atoms with Crippen LogP contribution in [0.3, 0.4) is 0 Å². The van der Waals surface area contributed by atoms with E-state index in [2.05, 4.69) is 5.32 Å². The zero-order valence-electron chi connectivity index (χ0n) is 18.3. The molecule has 1 amide bonds. The van der Waals surface area contributed by atoms with Gasteiger partial charge in [0.25, 0.3) is 15.9 Å². The number of rotatable bonds is 7. The maximum atomic E-state index is 13.4. The monoisotopic (exact) mass is 464 g/mol. The lowest BCUT2D eigenvalue weighted by Gasteiger charge is -2.30. The Bertz CT molecular complexity index is 1290. The third-order valence-electron chi connectivity index (χ3n) is 5.34. The SMILES string of the molecule is COc1ccc(OCCNC(=O)C2=C(c3ccccc3)c3ccccc3N(C)S2(=O)=O)cc1. The largest absolute Gasteiger partial charge is 0.497 e. The molecule has 3 aromatic rings. The molecule has 0 fully saturated rings. The fraction of sp³-hybridized carbons (Fsp3) is 0.160. The van der Waals surface area contributed by atoms with E-state index in [9.17, 15) is 13.2 Å². The van der Waals surface area contributed by atoms with Crippen molar-refractivity contribution in [2.45, 2.75) is 0 Å². The molecule has 7 nitrogen and oxygen atoms in total. The quantitative estimate of drug-likeness (QED) is 0.542. The summed E-state index contributed by atoms with van der Waals surface area (Å²) < 4.78 is 38.7. The van der Waals surface area contributed by atoms with Crippen LogP contribution in [-0.4, -0.2) is 41.6 Å². The Morgan fingerprint density at radius 1 is 0.909 bits per heavy atom. The number of hydrogen-bond donors (Lipinski definition) is 1. The molecular formula is C25H24N2O5S. The standard InChI is InChI=1S/C25H24N2O5S/c1-27-22-11-7-6-10-21(22)23(18-8-4-3-5-9-18)24(33(27,29)30)25(28)26-16-17-32-20-14-12-19(31-2)13-15-20/h3-15H,16-17H2,1-2H3,(H,26,28). The van der Waals surface area contributed by atoms with Crippen LogP contribution in [-0.2, 0) is 14.8 Å². The molecule has 0 unspecified atom stereocenters. The van der Waals surface area contributed by atoms with Crippen molar-refractivity contribution < 1.29 is 22.7 Å². The molecule has 1 N–H and O–H groups in total. The molecule has 0 radical (unpaired) electrons. The summed E-state index contributed by atoms with van der Waals surface area (Å²) in [4.78, 5) is 12.9. The Morgan fingerprint density at radius 3 is 2.24 bits per heavy atom. The van der Waals surface area contributed by atoms with Crippen LogP contribution in [0.5, 0.6) is 11.5 Å². The van der Waals surface area contributed by atoms with Gasteiger partial charge in [-0.1, -0.05) is 48.5 Å². The molecule has 0 bridgehead atoms. The Balaban J connectivity index is 1.62. The summed E-state index contributed by atoms with van der Waals surface area (Å²) in [5.41, 5.74) is 2.25. The fourth-order valence-electron chi connectivity index (χ4n) is 3.69. The van der Waals surface area contributed by atoms with Gasteiger partial charge in [0.15, 0.2) is 4.91 Å². The maximum Gasteiger partial charge on any atom is 0.270 e. The Kier molecular flexibility index (Phi) is 6.37. The Hall–Kier alpha value is -3.78. The number of hydrogen-bond acceptors (Lipinski definition) is 5. The van der Waals surface area contributed by atoms with Gasteiger partial charge < -0.3 is 14.8 Å². The number of sulfonamides is 1. The van der Waals surface area contributed by atoms with Gasteiger partial charge in [-0.2, -0.15) is 0 Å². The van der Waals surface area contributed by atoms with Crippen molar-refractivity contribution in [1.29, 1.82) is 0 Å². The molecule has 33 heavy (non-hydrogen) atoms. The van der Waals surface area contributed by atoms with Gasteiger partial charge in [0.2, 0.25) is 0 Å². The third-order valence-corrected chi connectivity index (χ3v) is 7.17. The second-order valence-electron chi connectivity index (χ2n) is 7.34. The summed E-state index contributed by atoms with van der Waals surface area (Å²) in [6.45, 7) is 0.315. The summed E-state index contributed by atoms with van der Waals surface area (Å²) in [6.07, 6.45) is 0. The van der Waals surface area contributed by atoms with Crippen molar-refractivity contribution in [2.75, 3.05) is 31.6 Å². The summed E-state index contributed by atoms with van der Waals surface area (Å²) in [5, 5.41) is 2.70. The van der Waals surface area contributed by atoms with Crippen LogP contribution in [0.25, 0.3) is 5.57 Å². The van der Waals surface area contributed by atoms with Crippen LogP contribution in [0.1, 0.15) is 11.1 Å². The number of carbonyl (C=O) groups excluding carboxylic acids is 1. The Labute approximate surface area is 193 Å². The number of fused-ring (bicyclic) bond motifs is 1. The predicted octanol–water partition coefficient (Wildman–Crippen LogP) is 3.43. The molecule has 0 saturated carbocycles. The summed E-state index contributed by atoms with van der Waals surface area (Å²) >= 11 is 0. The molecule has 3 aromatic carbocycles. The number of para-hydroxylation sites is 1. The third kappa shape index (κ3) is 4.42. The lowest BCUT2D eigenvalue weighted by molar-refractivity contribution is -0.116. The molecule has 1 aliphatic heterocycles. The minimum absolute atomic E-state index is 0.136.